The standard InChI is InChI=1S/C45H75NO3/c1-3-5-7-9-11-13-15-17-19-20-21-22-23-24-25-27-28-30-32-34-36-38-40-44(48)43(42-47)46-45(49)41-39-37-35-33-31-29-26-18-16-14-12-10-8-6-4-2/h6,8,12,14,18,24-26,30-33,37-40,43-44,47-48H,3-5,7,9-11,13,15-17,19-23,27-29,34-36,41-42H2,1-2H3,(H,46,49)/b8-6-,14-12-,25-24+,26-18-,32-30+,33-31-,39-37-,40-38+. The highest BCUT2D eigenvalue weighted by Gasteiger charge is 2.17. The van der Waals surface area contributed by atoms with Crippen molar-refractivity contribution in [3.63, 3.8) is 0 Å². The van der Waals surface area contributed by atoms with E-state index < -0.39 is 12.1 Å². The molecule has 0 rings (SSSR count). The first kappa shape index (κ1) is 46.3. The molecule has 4 heteroatoms. The maximum atomic E-state index is 12.3. The molecule has 278 valence electrons. The zero-order valence-corrected chi connectivity index (χ0v) is 31.7. The van der Waals surface area contributed by atoms with Crippen molar-refractivity contribution in [2.24, 2.45) is 0 Å². The number of carbonyl (C=O) groups is 1. The molecule has 0 fully saturated rings. The summed E-state index contributed by atoms with van der Waals surface area (Å²) in [6.07, 6.45) is 59.6. The van der Waals surface area contributed by atoms with E-state index in [1.807, 2.05) is 18.2 Å². The summed E-state index contributed by atoms with van der Waals surface area (Å²) in [5, 5.41) is 22.8. The molecule has 0 radical (unpaired) electrons. The number of unbranched alkanes of at least 4 members (excludes halogenated alkanes) is 14. The topological polar surface area (TPSA) is 69.6 Å². The van der Waals surface area contributed by atoms with Gasteiger partial charge in [0, 0.05) is 6.42 Å². The number of hydrogen-bond acceptors (Lipinski definition) is 3. The molecular weight excluding hydrogens is 602 g/mol. The summed E-state index contributed by atoms with van der Waals surface area (Å²) in [5.41, 5.74) is 0. The molecule has 0 heterocycles. The monoisotopic (exact) mass is 678 g/mol. The Morgan fingerprint density at radius 2 is 0.918 bits per heavy atom. The van der Waals surface area contributed by atoms with E-state index in [0.29, 0.717) is 0 Å². The van der Waals surface area contributed by atoms with Gasteiger partial charge in [-0.1, -0.05) is 182 Å². The van der Waals surface area contributed by atoms with Crippen molar-refractivity contribution < 1.29 is 15.0 Å². The molecule has 0 aliphatic rings. The third-order valence-corrected chi connectivity index (χ3v) is 8.31. The summed E-state index contributed by atoms with van der Waals surface area (Å²) in [7, 11) is 0. The largest absolute Gasteiger partial charge is 0.394 e. The second kappa shape index (κ2) is 39.7. The zero-order chi connectivity index (χ0) is 35.7. The van der Waals surface area contributed by atoms with Crippen LogP contribution < -0.4 is 5.32 Å². The number of amides is 1. The average molecular weight is 678 g/mol. The van der Waals surface area contributed by atoms with Crippen LogP contribution in [0.4, 0.5) is 0 Å². The van der Waals surface area contributed by atoms with Crippen LogP contribution in [0.25, 0.3) is 0 Å². The van der Waals surface area contributed by atoms with E-state index in [1.54, 1.807) is 6.08 Å². The van der Waals surface area contributed by atoms with E-state index >= 15 is 0 Å². The molecule has 0 aliphatic heterocycles. The third kappa shape index (κ3) is 36.4. The lowest BCUT2D eigenvalue weighted by molar-refractivity contribution is -0.122. The minimum absolute atomic E-state index is 0.209. The van der Waals surface area contributed by atoms with Crippen LogP contribution >= 0.6 is 0 Å². The Bertz CT molecular complexity index is 952. The molecule has 0 saturated carbocycles. The second-order valence-corrected chi connectivity index (χ2v) is 13.0. The molecule has 4 nitrogen and oxygen atoms in total. The van der Waals surface area contributed by atoms with Crippen LogP contribution in [0.3, 0.4) is 0 Å². The number of nitrogens with one attached hydrogen (secondary N) is 1. The maximum absolute atomic E-state index is 12.3. The summed E-state index contributed by atoms with van der Waals surface area (Å²) in [4.78, 5) is 12.3. The molecule has 0 aromatic rings. The van der Waals surface area contributed by atoms with Gasteiger partial charge in [-0.15, -0.1) is 0 Å². The van der Waals surface area contributed by atoms with Gasteiger partial charge in [-0.3, -0.25) is 4.79 Å². The van der Waals surface area contributed by atoms with Crippen molar-refractivity contribution in [1.29, 1.82) is 0 Å². The number of allylic oxidation sites excluding steroid dienone is 14. The molecule has 0 aromatic heterocycles. The third-order valence-electron chi connectivity index (χ3n) is 8.31. The zero-order valence-electron chi connectivity index (χ0n) is 31.7. The highest BCUT2D eigenvalue weighted by molar-refractivity contribution is 5.77. The summed E-state index contributed by atoms with van der Waals surface area (Å²) in [6.45, 7) is 4.11. The lowest BCUT2D eigenvalue weighted by Crippen LogP contribution is -2.44. The fraction of sp³-hybridized carbons (Fsp3) is 0.622. The SMILES string of the molecule is CC/C=C\C/C=C\C/C=C\C/C=C\C/C=C\CC(=O)NC(CO)C(O)/C=C/CC/C=C/CC/C=C/CCCCCCCCCCCCCC. The number of carbonyl (C=O) groups excluding carboxylic acids is 1. The maximum Gasteiger partial charge on any atom is 0.224 e. The number of aliphatic hydroxyl groups excluding tert-OH is 2. The van der Waals surface area contributed by atoms with Gasteiger partial charge in [-0.2, -0.15) is 0 Å². The molecule has 2 atom stereocenters. The van der Waals surface area contributed by atoms with Crippen LogP contribution in [-0.2, 0) is 4.79 Å². The van der Waals surface area contributed by atoms with Gasteiger partial charge in [0.05, 0.1) is 18.8 Å². The van der Waals surface area contributed by atoms with E-state index in [0.717, 1.165) is 57.8 Å². The first-order chi connectivity index (χ1) is 24.2. The first-order valence-electron chi connectivity index (χ1n) is 20.0. The van der Waals surface area contributed by atoms with Crippen molar-refractivity contribution in [3.8, 4) is 0 Å². The molecule has 0 aromatic carbocycles. The normalized spacial score (nSPS) is 14.1. The number of hydrogen-bond donors (Lipinski definition) is 3. The van der Waals surface area contributed by atoms with Gasteiger partial charge in [-0.05, 0) is 70.6 Å². The highest BCUT2D eigenvalue weighted by atomic mass is 16.3. The summed E-state index contributed by atoms with van der Waals surface area (Å²) in [6, 6.07) is -0.705. The lowest BCUT2D eigenvalue weighted by Gasteiger charge is -2.19. The Labute approximate surface area is 303 Å². The van der Waals surface area contributed by atoms with Gasteiger partial charge in [0.15, 0.2) is 0 Å². The molecular formula is C45H75NO3. The Hall–Kier alpha value is -2.69. The van der Waals surface area contributed by atoms with Crippen molar-refractivity contribution >= 4 is 5.91 Å². The van der Waals surface area contributed by atoms with Crippen LogP contribution in [0.15, 0.2) is 97.2 Å². The van der Waals surface area contributed by atoms with E-state index in [4.69, 9.17) is 0 Å². The van der Waals surface area contributed by atoms with Gasteiger partial charge in [0.1, 0.15) is 0 Å². The van der Waals surface area contributed by atoms with E-state index in [2.05, 4.69) is 92.1 Å². The van der Waals surface area contributed by atoms with Crippen LogP contribution in [0, 0.1) is 0 Å². The molecule has 0 spiro atoms. The summed E-state index contributed by atoms with van der Waals surface area (Å²) >= 11 is 0. The second-order valence-electron chi connectivity index (χ2n) is 13.0. The van der Waals surface area contributed by atoms with Gasteiger partial charge in [0.25, 0.3) is 0 Å². The molecule has 0 bridgehead atoms. The molecule has 0 aliphatic carbocycles. The predicted octanol–water partition coefficient (Wildman–Crippen LogP) is 12.3. The summed E-state index contributed by atoms with van der Waals surface area (Å²) < 4.78 is 0. The first-order valence-corrected chi connectivity index (χ1v) is 20.0. The van der Waals surface area contributed by atoms with Crippen molar-refractivity contribution in [1.82, 2.24) is 5.32 Å². The molecule has 2 unspecified atom stereocenters. The Kier molecular flexibility index (Phi) is 37.6. The van der Waals surface area contributed by atoms with Crippen LogP contribution in [-0.4, -0.2) is 34.9 Å². The Balaban J connectivity index is 3.82. The molecule has 1 amide bonds. The molecule has 0 saturated heterocycles. The molecule has 3 N–H and O–H groups in total. The number of aliphatic hydroxyl groups is 2. The Morgan fingerprint density at radius 1 is 0.510 bits per heavy atom. The minimum atomic E-state index is -0.915. The fourth-order valence-corrected chi connectivity index (χ4v) is 5.28. The van der Waals surface area contributed by atoms with E-state index in [-0.39, 0.29) is 18.9 Å². The predicted molar refractivity (Wildman–Crippen MR) is 216 cm³/mol. The Morgan fingerprint density at radius 3 is 1.39 bits per heavy atom. The van der Waals surface area contributed by atoms with Crippen LogP contribution in [0.2, 0.25) is 0 Å². The lowest BCUT2D eigenvalue weighted by atomic mass is 10.0. The highest BCUT2D eigenvalue weighted by Crippen LogP contribution is 2.13. The van der Waals surface area contributed by atoms with E-state index in [1.165, 1.54) is 83.5 Å². The molecule has 49 heavy (non-hydrogen) atoms. The van der Waals surface area contributed by atoms with Crippen molar-refractivity contribution in [2.75, 3.05) is 6.61 Å². The van der Waals surface area contributed by atoms with E-state index in [9.17, 15) is 15.0 Å². The van der Waals surface area contributed by atoms with Crippen LogP contribution in [0.1, 0.15) is 162 Å². The fourth-order valence-electron chi connectivity index (χ4n) is 5.28. The van der Waals surface area contributed by atoms with Gasteiger partial charge in [0.2, 0.25) is 5.91 Å². The smallest absolute Gasteiger partial charge is 0.224 e. The van der Waals surface area contributed by atoms with Gasteiger partial charge in [-0.25, -0.2) is 0 Å². The van der Waals surface area contributed by atoms with Crippen LogP contribution in [0.5, 0.6) is 0 Å². The van der Waals surface area contributed by atoms with Gasteiger partial charge >= 0.3 is 0 Å². The number of rotatable bonds is 34. The van der Waals surface area contributed by atoms with Crippen molar-refractivity contribution in [3.05, 3.63) is 97.2 Å². The van der Waals surface area contributed by atoms with Gasteiger partial charge < -0.3 is 15.5 Å². The van der Waals surface area contributed by atoms with Crippen molar-refractivity contribution in [2.45, 2.75) is 174 Å². The minimum Gasteiger partial charge on any atom is -0.394 e. The average Bonchev–Trinajstić information content (AvgIpc) is 3.10. The summed E-state index contributed by atoms with van der Waals surface area (Å²) in [5.74, 6) is -0.209. The quantitative estimate of drug-likeness (QED) is 0.0469.